The number of fused-ring (bicyclic) bond motifs is 1. The number of hydrogen-bond acceptors (Lipinski definition) is 5. The molecule has 2 aromatic rings. The molecule has 1 aromatic heterocycles. The van der Waals surface area contributed by atoms with E-state index in [4.69, 9.17) is 10.5 Å². The van der Waals surface area contributed by atoms with Gasteiger partial charge in [-0.25, -0.2) is 0 Å². The van der Waals surface area contributed by atoms with Crippen molar-refractivity contribution >= 4 is 5.91 Å². The van der Waals surface area contributed by atoms with Crippen LogP contribution < -0.4 is 5.73 Å². The van der Waals surface area contributed by atoms with Crippen molar-refractivity contribution in [2.75, 3.05) is 20.2 Å². The van der Waals surface area contributed by atoms with Crippen molar-refractivity contribution in [1.82, 2.24) is 19.7 Å². The molecule has 0 bridgehead atoms. The largest absolute Gasteiger partial charge is 0.380 e. The lowest BCUT2D eigenvalue weighted by molar-refractivity contribution is -0.135. The van der Waals surface area contributed by atoms with Crippen molar-refractivity contribution in [3.05, 3.63) is 47.5 Å². The fraction of sp³-hybridized carbons (Fsp3) is 0.526. The predicted octanol–water partition coefficient (Wildman–Crippen LogP) is 0.810. The molecule has 0 spiro atoms. The van der Waals surface area contributed by atoms with Crippen LogP contribution >= 0.6 is 0 Å². The Morgan fingerprint density at radius 1 is 1.19 bits per heavy atom. The molecule has 0 radical (unpaired) electrons. The molecule has 0 saturated carbocycles. The first-order chi connectivity index (χ1) is 12.6. The molecule has 1 amide bonds. The monoisotopic (exact) mass is 357 g/mol. The number of hydrogen-bond donors (Lipinski definition) is 1. The Hall–Kier alpha value is -2.25. The average Bonchev–Trinajstić information content (AvgIpc) is 2.94. The summed E-state index contributed by atoms with van der Waals surface area (Å²) >= 11 is 0. The molecule has 1 aromatic carbocycles. The minimum Gasteiger partial charge on any atom is -0.380 e. The first kappa shape index (κ1) is 18.5. The zero-order chi connectivity index (χ0) is 18.5. The van der Waals surface area contributed by atoms with E-state index in [-0.39, 0.29) is 12.0 Å². The lowest BCUT2D eigenvalue weighted by Crippen LogP contribution is -2.50. The molecular weight excluding hydrogens is 330 g/mol. The Balaban J connectivity index is 1.63. The van der Waals surface area contributed by atoms with Crippen molar-refractivity contribution in [2.45, 2.75) is 44.9 Å². The van der Waals surface area contributed by atoms with E-state index in [1.54, 1.807) is 7.11 Å². The smallest absolute Gasteiger partial charge is 0.242 e. The second-order valence-electron chi connectivity index (χ2n) is 6.71. The second kappa shape index (κ2) is 8.42. The van der Waals surface area contributed by atoms with E-state index in [0.29, 0.717) is 26.1 Å². The number of nitrogens with two attached hydrogens (primary N) is 1. The summed E-state index contributed by atoms with van der Waals surface area (Å²) < 4.78 is 7.35. The molecule has 7 heteroatoms. The van der Waals surface area contributed by atoms with Gasteiger partial charge in [0.15, 0.2) is 0 Å². The maximum Gasteiger partial charge on any atom is 0.242 e. The van der Waals surface area contributed by atoms with Crippen LogP contribution in [0.2, 0.25) is 0 Å². The van der Waals surface area contributed by atoms with Gasteiger partial charge in [-0.05, 0) is 18.9 Å². The molecule has 2 N–H and O–H groups in total. The van der Waals surface area contributed by atoms with Crippen LogP contribution in [0.1, 0.15) is 24.1 Å². The van der Waals surface area contributed by atoms with Crippen LogP contribution in [-0.4, -0.2) is 57.9 Å². The second-order valence-corrected chi connectivity index (χ2v) is 6.71. The highest BCUT2D eigenvalue weighted by Gasteiger charge is 2.28. The summed E-state index contributed by atoms with van der Waals surface area (Å²) in [5.74, 6) is 1.85. The van der Waals surface area contributed by atoms with Gasteiger partial charge in [-0.1, -0.05) is 30.3 Å². The summed E-state index contributed by atoms with van der Waals surface area (Å²) in [5.41, 5.74) is 7.31. The van der Waals surface area contributed by atoms with E-state index >= 15 is 0 Å². The summed E-state index contributed by atoms with van der Waals surface area (Å²) in [6.07, 6.45) is 2.16. The van der Waals surface area contributed by atoms with Crippen LogP contribution in [0.3, 0.4) is 0 Å². The molecule has 1 aliphatic heterocycles. The highest BCUT2D eigenvalue weighted by Crippen LogP contribution is 2.13. The zero-order valence-corrected chi connectivity index (χ0v) is 15.5. The van der Waals surface area contributed by atoms with E-state index in [1.165, 1.54) is 5.56 Å². The highest BCUT2D eigenvalue weighted by molar-refractivity contribution is 5.82. The maximum absolute atomic E-state index is 12.6. The molecule has 0 unspecified atom stereocenters. The topological polar surface area (TPSA) is 86.3 Å². The summed E-state index contributed by atoms with van der Waals surface area (Å²) in [6, 6.07) is 9.73. The number of rotatable bonds is 6. The number of benzene rings is 1. The number of aromatic nitrogens is 3. The summed E-state index contributed by atoms with van der Waals surface area (Å²) in [6.45, 7) is 3.75. The van der Waals surface area contributed by atoms with Crippen LogP contribution in [0.25, 0.3) is 0 Å². The third-order valence-corrected chi connectivity index (χ3v) is 5.06. The van der Waals surface area contributed by atoms with Crippen molar-refractivity contribution in [1.29, 1.82) is 0 Å². The Morgan fingerprint density at radius 2 is 1.96 bits per heavy atom. The molecule has 0 aliphatic carbocycles. The van der Waals surface area contributed by atoms with Gasteiger partial charge in [-0.3, -0.25) is 4.79 Å². The van der Waals surface area contributed by atoms with Gasteiger partial charge in [0.2, 0.25) is 5.91 Å². The first-order valence-corrected chi connectivity index (χ1v) is 9.12. The van der Waals surface area contributed by atoms with Gasteiger partial charge >= 0.3 is 0 Å². The van der Waals surface area contributed by atoms with Gasteiger partial charge in [-0.15, -0.1) is 10.2 Å². The Labute approximate surface area is 154 Å². The number of ether oxygens (including phenoxy) is 1. The fourth-order valence-corrected chi connectivity index (χ4v) is 3.25. The van der Waals surface area contributed by atoms with Gasteiger partial charge in [0.05, 0.1) is 6.10 Å². The van der Waals surface area contributed by atoms with Crippen LogP contribution in [0.4, 0.5) is 0 Å². The number of nitrogens with zero attached hydrogens (tertiary/aromatic N) is 4. The fourth-order valence-electron chi connectivity index (χ4n) is 3.25. The van der Waals surface area contributed by atoms with Crippen LogP contribution in [0.15, 0.2) is 30.3 Å². The summed E-state index contributed by atoms with van der Waals surface area (Å²) in [4.78, 5) is 14.4. The normalized spacial score (nSPS) is 16.7. The quantitative estimate of drug-likeness (QED) is 0.827. The number of methoxy groups -OCH3 is 1. The molecule has 1 aliphatic rings. The molecule has 7 nitrogen and oxygen atoms in total. The van der Waals surface area contributed by atoms with Crippen LogP contribution in [-0.2, 0) is 35.3 Å². The highest BCUT2D eigenvalue weighted by atomic mass is 16.5. The molecule has 0 fully saturated rings. The third-order valence-electron chi connectivity index (χ3n) is 5.06. The Morgan fingerprint density at radius 3 is 2.69 bits per heavy atom. The molecule has 3 rings (SSSR count). The van der Waals surface area contributed by atoms with Gasteiger partial charge in [-0.2, -0.15) is 0 Å². The van der Waals surface area contributed by atoms with Crippen LogP contribution in [0, 0.1) is 0 Å². The molecule has 26 heavy (non-hydrogen) atoms. The van der Waals surface area contributed by atoms with Crippen molar-refractivity contribution in [3.8, 4) is 0 Å². The average molecular weight is 357 g/mol. The maximum atomic E-state index is 12.6. The molecule has 0 saturated heterocycles. The first-order valence-electron chi connectivity index (χ1n) is 9.12. The van der Waals surface area contributed by atoms with E-state index in [2.05, 4.69) is 26.9 Å². The molecule has 2 atom stereocenters. The minimum atomic E-state index is -0.638. The summed E-state index contributed by atoms with van der Waals surface area (Å²) in [5, 5.41) is 8.70. The minimum absolute atomic E-state index is 0.0658. The van der Waals surface area contributed by atoms with Crippen molar-refractivity contribution in [3.63, 3.8) is 0 Å². The third kappa shape index (κ3) is 4.11. The summed E-state index contributed by atoms with van der Waals surface area (Å²) in [7, 11) is 1.57. The Kier molecular flexibility index (Phi) is 6.00. The predicted molar refractivity (Wildman–Crippen MR) is 98.6 cm³/mol. The molecule has 2 heterocycles. The van der Waals surface area contributed by atoms with Crippen molar-refractivity contribution in [2.24, 2.45) is 5.73 Å². The standard InChI is InChI=1S/C19H27N5O2/c1-14(26-2)18(20)19(25)23-11-10-17-22-21-16(24(17)13-12-23)9-8-15-6-4-3-5-7-15/h3-7,14,18H,8-13,20H2,1-2H3/t14-,18+/m1/s1. The Bertz CT molecular complexity index is 731. The number of carbonyl (C=O) groups is 1. The van der Waals surface area contributed by atoms with Crippen LogP contribution in [0.5, 0.6) is 0 Å². The van der Waals surface area contributed by atoms with Gasteiger partial charge in [0, 0.05) is 39.6 Å². The molecule has 140 valence electrons. The lowest BCUT2D eigenvalue weighted by Gasteiger charge is -2.26. The zero-order valence-electron chi connectivity index (χ0n) is 15.5. The number of amides is 1. The number of aryl methyl sites for hydroxylation is 2. The van der Waals surface area contributed by atoms with Crippen molar-refractivity contribution < 1.29 is 9.53 Å². The van der Waals surface area contributed by atoms with E-state index < -0.39 is 6.04 Å². The van der Waals surface area contributed by atoms with E-state index in [0.717, 1.165) is 24.5 Å². The number of carbonyl (C=O) groups excluding carboxylic acids is 1. The lowest BCUT2D eigenvalue weighted by atomic mass is 10.1. The van der Waals surface area contributed by atoms with Gasteiger partial charge in [0.25, 0.3) is 0 Å². The van der Waals surface area contributed by atoms with Gasteiger partial charge in [0.1, 0.15) is 17.7 Å². The van der Waals surface area contributed by atoms with E-state index in [1.807, 2.05) is 30.0 Å². The SMILES string of the molecule is CO[C@H](C)[C@H](N)C(=O)N1CCc2nnc(CCc3ccccc3)n2CC1. The van der Waals surface area contributed by atoms with Gasteiger partial charge < -0.3 is 19.9 Å². The van der Waals surface area contributed by atoms with E-state index in [9.17, 15) is 4.79 Å². The molecular formula is C19H27N5O2.